The summed E-state index contributed by atoms with van der Waals surface area (Å²) in [6.45, 7) is 0.288. The molecule has 0 unspecified atom stereocenters. The second-order valence-electron chi connectivity index (χ2n) is 5.00. The first kappa shape index (κ1) is 17.6. The van der Waals surface area contributed by atoms with Gasteiger partial charge in [-0.05, 0) is 29.8 Å². The van der Waals surface area contributed by atoms with E-state index in [-0.39, 0.29) is 12.1 Å². The van der Waals surface area contributed by atoms with Crippen LogP contribution in [-0.2, 0) is 11.3 Å². The molecule has 0 atom stereocenters. The van der Waals surface area contributed by atoms with Gasteiger partial charge in [0, 0.05) is 12.7 Å². The molecule has 0 fully saturated rings. The summed E-state index contributed by atoms with van der Waals surface area (Å²) in [5.41, 5.74) is 1.76. The number of anilines is 1. The van der Waals surface area contributed by atoms with Crippen molar-refractivity contribution in [1.82, 2.24) is 5.32 Å². The SMILES string of the molecule is COc1ccc(CNC(=O)/C(C#N)=C\Nc2ccccc2C#N)cc1. The predicted molar refractivity (Wildman–Crippen MR) is 93.3 cm³/mol. The molecule has 0 saturated carbocycles. The van der Waals surface area contributed by atoms with Crippen molar-refractivity contribution in [2.75, 3.05) is 12.4 Å². The lowest BCUT2D eigenvalue weighted by atomic mass is 10.2. The largest absolute Gasteiger partial charge is 0.497 e. The monoisotopic (exact) mass is 332 g/mol. The van der Waals surface area contributed by atoms with Gasteiger partial charge in [0.1, 0.15) is 23.5 Å². The number of nitriles is 2. The number of hydrogen-bond donors (Lipinski definition) is 2. The van der Waals surface area contributed by atoms with E-state index in [1.807, 2.05) is 24.3 Å². The van der Waals surface area contributed by atoms with Crippen molar-refractivity contribution >= 4 is 11.6 Å². The minimum Gasteiger partial charge on any atom is -0.497 e. The highest BCUT2D eigenvalue weighted by Gasteiger charge is 2.09. The van der Waals surface area contributed by atoms with Crippen molar-refractivity contribution in [2.24, 2.45) is 0 Å². The molecule has 2 aromatic rings. The number of hydrogen-bond acceptors (Lipinski definition) is 5. The van der Waals surface area contributed by atoms with Crippen LogP contribution < -0.4 is 15.4 Å². The maximum absolute atomic E-state index is 12.1. The number of nitrogens with one attached hydrogen (secondary N) is 2. The lowest BCUT2D eigenvalue weighted by Gasteiger charge is -2.07. The second kappa shape index (κ2) is 8.76. The van der Waals surface area contributed by atoms with Gasteiger partial charge in [0.2, 0.25) is 0 Å². The maximum Gasteiger partial charge on any atom is 0.263 e. The molecule has 0 aliphatic carbocycles. The van der Waals surface area contributed by atoms with Gasteiger partial charge in [0.25, 0.3) is 5.91 Å². The molecule has 0 bridgehead atoms. The van der Waals surface area contributed by atoms with Crippen molar-refractivity contribution in [1.29, 1.82) is 10.5 Å². The van der Waals surface area contributed by atoms with E-state index >= 15 is 0 Å². The maximum atomic E-state index is 12.1. The number of nitrogens with zero attached hydrogens (tertiary/aromatic N) is 2. The molecule has 25 heavy (non-hydrogen) atoms. The van der Waals surface area contributed by atoms with Crippen LogP contribution in [0.2, 0.25) is 0 Å². The Hall–Kier alpha value is -3.77. The molecule has 0 aliphatic heterocycles. The Morgan fingerprint density at radius 3 is 2.52 bits per heavy atom. The average molecular weight is 332 g/mol. The molecule has 124 valence electrons. The summed E-state index contributed by atoms with van der Waals surface area (Å²) in [5, 5.41) is 23.7. The average Bonchev–Trinajstić information content (AvgIpc) is 2.67. The van der Waals surface area contributed by atoms with E-state index < -0.39 is 5.91 Å². The minimum atomic E-state index is -0.500. The normalized spacial score (nSPS) is 10.3. The van der Waals surface area contributed by atoms with Crippen LogP contribution in [0, 0.1) is 22.7 Å². The van der Waals surface area contributed by atoms with Crippen molar-refractivity contribution in [3.63, 3.8) is 0 Å². The highest BCUT2D eigenvalue weighted by atomic mass is 16.5. The summed E-state index contributed by atoms with van der Waals surface area (Å²) >= 11 is 0. The van der Waals surface area contributed by atoms with Gasteiger partial charge in [0.15, 0.2) is 0 Å². The number of methoxy groups -OCH3 is 1. The van der Waals surface area contributed by atoms with Crippen LogP contribution in [0.25, 0.3) is 0 Å². The smallest absolute Gasteiger partial charge is 0.263 e. The fraction of sp³-hybridized carbons (Fsp3) is 0.105. The van der Waals surface area contributed by atoms with Crippen LogP contribution in [0.4, 0.5) is 5.69 Å². The number of benzene rings is 2. The van der Waals surface area contributed by atoms with E-state index in [9.17, 15) is 4.79 Å². The number of ether oxygens (including phenoxy) is 1. The van der Waals surface area contributed by atoms with E-state index in [0.29, 0.717) is 11.3 Å². The summed E-state index contributed by atoms with van der Waals surface area (Å²) in [6.07, 6.45) is 1.29. The molecular formula is C19H16N4O2. The molecule has 0 heterocycles. The lowest BCUT2D eigenvalue weighted by Crippen LogP contribution is -2.24. The predicted octanol–water partition coefficient (Wildman–Crippen LogP) is 2.70. The van der Waals surface area contributed by atoms with Crippen molar-refractivity contribution in [3.05, 3.63) is 71.4 Å². The minimum absolute atomic E-state index is 0.0822. The lowest BCUT2D eigenvalue weighted by molar-refractivity contribution is -0.117. The molecule has 0 aliphatic rings. The van der Waals surface area contributed by atoms with E-state index in [1.165, 1.54) is 6.20 Å². The zero-order chi connectivity index (χ0) is 18.1. The number of amides is 1. The highest BCUT2D eigenvalue weighted by molar-refractivity contribution is 5.97. The van der Waals surface area contributed by atoms with Crippen LogP contribution in [0.1, 0.15) is 11.1 Å². The van der Waals surface area contributed by atoms with E-state index in [2.05, 4.69) is 10.6 Å². The number of carbonyl (C=O) groups excluding carboxylic acids is 1. The summed E-state index contributed by atoms with van der Waals surface area (Å²) in [7, 11) is 1.58. The Morgan fingerprint density at radius 2 is 1.88 bits per heavy atom. The van der Waals surface area contributed by atoms with Gasteiger partial charge in [0.05, 0.1) is 18.4 Å². The number of rotatable bonds is 6. The summed E-state index contributed by atoms with van der Waals surface area (Å²) in [6, 6.07) is 18.0. The molecule has 6 heteroatoms. The third kappa shape index (κ3) is 4.85. The Morgan fingerprint density at radius 1 is 1.16 bits per heavy atom. The van der Waals surface area contributed by atoms with Gasteiger partial charge < -0.3 is 15.4 Å². The van der Waals surface area contributed by atoms with Gasteiger partial charge >= 0.3 is 0 Å². The molecule has 0 aromatic heterocycles. The van der Waals surface area contributed by atoms with Gasteiger partial charge in [-0.25, -0.2) is 0 Å². The van der Waals surface area contributed by atoms with Gasteiger partial charge in [-0.2, -0.15) is 10.5 Å². The summed E-state index contributed by atoms with van der Waals surface area (Å²) < 4.78 is 5.07. The van der Waals surface area contributed by atoms with Crippen LogP contribution in [0.15, 0.2) is 60.3 Å². The molecule has 0 radical (unpaired) electrons. The quantitative estimate of drug-likeness (QED) is 0.626. The third-order valence-corrected chi connectivity index (χ3v) is 3.40. The molecule has 2 rings (SSSR count). The molecule has 2 aromatic carbocycles. The van der Waals surface area contributed by atoms with E-state index in [0.717, 1.165) is 11.3 Å². The molecular weight excluding hydrogens is 316 g/mol. The van der Waals surface area contributed by atoms with Crippen LogP contribution in [0.3, 0.4) is 0 Å². The zero-order valence-electron chi connectivity index (χ0n) is 13.6. The summed E-state index contributed by atoms with van der Waals surface area (Å²) in [4.78, 5) is 12.1. The molecule has 2 N–H and O–H groups in total. The molecule has 6 nitrogen and oxygen atoms in total. The van der Waals surface area contributed by atoms with Crippen molar-refractivity contribution in [3.8, 4) is 17.9 Å². The van der Waals surface area contributed by atoms with Gasteiger partial charge in [-0.3, -0.25) is 4.79 Å². The van der Waals surface area contributed by atoms with Crippen LogP contribution >= 0.6 is 0 Å². The Kier molecular flexibility index (Phi) is 6.16. The van der Waals surface area contributed by atoms with Gasteiger partial charge in [-0.15, -0.1) is 0 Å². The fourth-order valence-corrected chi connectivity index (χ4v) is 2.03. The highest BCUT2D eigenvalue weighted by Crippen LogP contribution is 2.14. The standard InChI is InChI=1S/C19H16N4O2/c1-25-17-8-6-14(7-9-17)12-23-19(24)16(11-21)13-22-18-5-3-2-4-15(18)10-20/h2-9,13,22H,12H2,1H3,(H,23,24)/b16-13-. The first-order chi connectivity index (χ1) is 12.2. The van der Waals surface area contributed by atoms with Crippen LogP contribution in [-0.4, -0.2) is 13.0 Å². The topological polar surface area (TPSA) is 97.9 Å². The fourth-order valence-electron chi connectivity index (χ4n) is 2.03. The van der Waals surface area contributed by atoms with Crippen molar-refractivity contribution in [2.45, 2.75) is 6.54 Å². The summed E-state index contributed by atoms with van der Waals surface area (Å²) in [5.74, 6) is 0.230. The second-order valence-corrected chi connectivity index (χ2v) is 5.00. The number of para-hydroxylation sites is 1. The first-order valence-electron chi connectivity index (χ1n) is 7.45. The van der Waals surface area contributed by atoms with Gasteiger partial charge in [-0.1, -0.05) is 24.3 Å². The van der Waals surface area contributed by atoms with Crippen LogP contribution in [0.5, 0.6) is 5.75 Å². The Bertz CT molecular complexity index is 858. The molecule has 0 spiro atoms. The Balaban J connectivity index is 2.00. The zero-order valence-corrected chi connectivity index (χ0v) is 13.6. The first-order valence-corrected chi connectivity index (χ1v) is 7.45. The third-order valence-electron chi connectivity index (χ3n) is 3.40. The van der Waals surface area contributed by atoms with E-state index in [1.54, 1.807) is 43.5 Å². The molecule has 0 saturated heterocycles. The van der Waals surface area contributed by atoms with E-state index in [4.69, 9.17) is 15.3 Å². The molecule has 1 amide bonds. The van der Waals surface area contributed by atoms with Crippen molar-refractivity contribution < 1.29 is 9.53 Å². The Labute approximate surface area is 146 Å². The number of carbonyl (C=O) groups is 1.